The van der Waals surface area contributed by atoms with Gasteiger partial charge in [-0.2, -0.15) is 8.42 Å². The Morgan fingerprint density at radius 2 is 2.00 bits per heavy atom. The predicted molar refractivity (Wildman–Crippen MR) is 96.2 cm³/mol. The first-order valence-corrected chi connectivity index (χ1v) is 9.40. The number of fused-ring (bicyclic) bond motifs is 1. The fraction of sp³-hybridized carbons (Fsp3) is 0.278. The van der Waals surface area contributed by atoms with Crippen molar-refractivity contribution in [3.63, 3.8) is 0 Å². The van der Waals surface area contributed by atoms with E-state index < -0.39 is 21.0 Å². The Bertz CT molecular complexity index is 903. The van der Waals surface area contributed by atoms with E-state index >= 15 is 0 Å². The molecule has 0 heterocycles. The highest BCUT2D eigenvalue weighted by Gasteiger charge is 2.26. The molecule has 0 atom stereocenters. The summed E-state index contributed by atoms with van der Waals surface area (Å²) in [6.45, 7) is 6.26. The smallest absolute Gasteiger partial charge is 0.335 e. The minimum absolute atomic E-state index is 0.111. The molecule has 0 spiro atoms. The summed E-state index contributed by atoms with van der Waals surface area (Å²) in [5, 5.41) is 0.724. The monoisotopic (exact) mass is 380 g/mol. The molecule has 1 N–H and O–H groups in total. The van der Waals surface area contributed by atoms with Gasteiger partial charge in [-0.15, -0.1) is 0 Å². The van der Waals surface area contributed by atoms with Crippen LogP contribution in [0.5, 0.6) is 11.5 Å². The van der Waals surface area contributed by atoms with E-state index in [0.29, 0.717) is 25.0 Å². The lowest BCUT2D eigenvalue weighted by Gasteiger charge is -2.16. The van der Waals surface area contributed by atoms with Crippen molar-refractivity contribution in [3.8, 4) is 11.5 Å². The van der Waals surface area contributed by atoms with E-state index in [0.717, 1.165) is 6.08 Å². The quantitative estimate of drug-likeness (QED) is 0.235. The maximum Gasteiger partial charge on any atom is 0.335 e. The third kappa shape index (κ3) is 4.81. The highest BCUT2D eigenvalue weighted by atomic mass is 32.2. The molecular weight excluding hydrogens is 360 g/mol. The molecule has 0 aromatic heterocycles. The molecule has 0 unspecified atom stereocenters. The first-order valence-electron chi connectivity index (χ1n) is 7.96. The van der Waals surface area contributed by atoms with Crippen molar-refractivity contribution in [2.75, 3.05) is 19.8 Å². The molecule has 0 saturated heterocycles. The van der Waals surface area contributed by atoms with Crippen LogP contribution in [0.3, 0.4) is 0 Å². The Hall–Kier alpha value is -2.42. The molecule has 7 nitrogen and oxygen atoms in total. The van der Waals surface area contributed by atoms with Crippen molar-refractivity contribution < 1.29 is 32.0 Å². The van der Waals surface area contributed by atoms with Gasteiger partial charge >= 0.3 is 5.97 Å². The molecule has 8 heteroatoms. The SMILES string of the molecule is C=CC(=O)Oc1cc2ccccc2c(S(=O)(=O)O)c1OCCCOCC. The number of rotatable bonds is 9. The lowest BCUT2D eigenvalue weighted by Crippen LogP contribution is -2.11. The number of esters is 1. The minimum Gasteiger partial charge on any atom is -0.488 e. The van der Waals surface area contributed by atoms with Crippen LogP contribution in [0.15, 0.2) is 47.9 Å². The maximum atomic E-state index is 12.0. The highest BCUT2D eigenvalue weighted by Crippen LogP contribution is 2.40. The van der Waals surface area contributed by atoms with Crippen molar-refractivity contribution in [2.45, 2.75) is 18.2 Å². The van der Waals surface area contributed by atoms with Gasteiger partial charge in [0.1, 0.15) is 4.90 Å². The molecular formula is C18H20O7S. The van der Waals surface area contributed by atoms with E-state index in [1.165, 1.54) is 12.1 Å². The van der Waals surface area contributed by atoms with Crippen LogP contribution in [0, 0.1) is 0 Å². The standard InChI is InChI=1S/C18H20O7S/c1-3-16(19)25-15-12-13-8-5-6-9-14(13)18(26(20,21)22)17(15)24-11-7-10-23-4-2/h3,5-6,8-9,12H,1,4,7,10-11H2,2H3,(H,20,21,22). The van der Waals surface area contributed by atoms with E-state index in [4.69, 9.17) is 14.2 Å². The molecule has 0 aliphatic heterocycles. The van der Waals surface area contributed by atoms with Gasteiger partial charge in [-0.25, -0.2) is 4.79 Å². The fourth-order valence-corrected chi connectivity index (χ4v) is 3.23. The summed E-state index contributed by atoms with van der Waals surface area (Å²) < 4.78 is 49.6. The van der Waals surface area contributed by atoms with Crippen molar-refractivity contribution in [2.24, 2.45) is 0 Å². The Labute approximate surface area is 151 Å². The number of benzene rings is 2. The molecule has 0 fully saturated rings. The normalized spacial score (nSPS) is 11.3. The third-order valence-corrected chi connectivity index (χ3v) is 4.36. The second-order valence-electron chi connectivity index (χ2n) is 5.25. The van der Waals surface area contributed by atoms with E-state index in [9.17, 15) is 17.8 Å². The van der Waals surface area contributed by atoms with E-state index in [1.807, 2.05) is 6.92 Å². The summed E-state index contributed by atoms with van der Waals surface area (Å²) in [5.74, 6) is -1.11. The molecule has 0 saturated carbocycles. The summed E-state index contributed by atoms with van der Waals surface area (Å²) in [5.41, 5.74) is 0. The zero-order chi connectivity index (χ0) is 19.2. The number of ether oxygens (including phenoxy) is 3. The number of hydrogen-bond donors (Lipinski definition) is 1. The molecule has 0 amide bonds. The van der Waals surface area contributed by atoms with E-state index in [-0.39, 0.29) is 23.5 Å². The minimum atomic E-state index is -4.65. The van der Waals surface area contributed by atoms with Crippen LogP contribution in [-0.4, -0.2) is 38.8 Å². The van der Waals surface area contributed by atoms with Gasteiger partial charge in [-0.05, 0) is 18.4 Å². The molecule has 26 heavy (non-hydrogen) atoms. The lowest BCUT2D eigenvalue weighted by molar-refractivity contribution is -0.129. The summed E-state index contributed by atoms with van der Waals surface area (Å²) >= 11 is 0. The molecule has 0 radical (unpaired) electrons. The van der Waals surface area contributed by atoms with Crippen LogP contribution in [0.4, 0.5) is 0 Å². The van der Waals surface area contributed by atoms with Crippen molar-refractivity contribution in [1.82, 2.24) is 0 Å². The second-order valence-corrected chi connectivity index (χ2v) is 6.61. The summed E-state index contributed by atoms with van der Waals surface area (Å²) in [4.78, 5) is 11.2. The molecule has 0 bridgehead atoms. The lowest BCUT2D eigenvalue weighted by atomic mass is 10.1. The fourth-order valence-electron chi connectivity index (χ4n) is 2.37. The molecule has 2 aromatic rings. The van der Waals surface area contributed by atoms with Crippen LogP contribution >= 0.6 is 0 Å². The van der Waals surface area contributed by atoms with Gasteiger partial charge in [-0.3, -0.25) is 4.55 Å². The van der Waals surface area contributed by atoms with Crippen LogP contribution in [0.25, 0.3) is 10.8 Å². The number of carbonyl (C=O) groups excluding carboxylic acids is 1. The highest BCUT2D eigenvalue weighted by molar-refractivity contribution is 7.86. The van der Waals surface area contributed by atoms with Crippen molar-refractivity contribution in [1.29, 1.82) is 0 Å². The Kier molecular flexibility index (Phi) is 6.73. The summed E-state index contributed by atoms with van der Waals surface area (Å²) in [7, 11) is -4.65. The van der Waals surface area contributed by atoms with E-state index in [1.54, 1.807) is 18.2 Å². The largest absolute Gasteiger partial charge is 0.488 e. The number of carbonyl (C=O) groups is 1. The van der Waals surface area contributed by atoms with Crippen LogP contribution in [0.2, 0.25) is 0 Å². The molecule has 140 valence electrons. The first-order chi connectivity index (χ1) is 12.4. The molecule has 2 rings (SSSR count). The molecule has 0 aliphatic rings. The predicted octanol–water partition coefficient (Wildman–Crippen LogP) is 2.98. The Morgan fingerprint density at radius 3 is 2.65 bits per heavy atom. The van der Waals surface area contributed by atoms with Crippen molar-refractivity contribution >= 4 is 26.9 Å². The zero-order valence-corrected chi connectivity index (χ0v) is 15.1. The second kappa shape index (κ2) is 8.79. The topological polar surface area (TPSA) is 99.1 Å². The zero-order valence-electron chi connectivity index (χ0n) is 14.3. The molecule has 2 aromatic carbocycles. The van der Waals surface area contributed by atoms with Crippen LogP contribution in [0.1, 0.15) is 13.3 Å². The average Bonchev–Trinajstić information content (AvgIpc) is 2.60. The van der Waals surface area contributed by atoms with Gasteiger partial charge in [0, 0.05) is 31.1 Å². The maximum absolute atomic E-state index is 12.0. The number of hydrogen-bond acceptors (Lipinski definition) is 6. The van der Waals surface area contributed by atoms with Crippen LogP contribution < -0.4 is 9.47 Å². The third-order valence-electron chi connectivity index (χ3n) is 3.44. The van der Waals surface area contributed by atoms with Gasteiger partial charge in [0.05, 0.1) is 6.61 Å². The van der Waals surface area contributed by atoms with Gasteiger partial charge in [0.25, 0.3) is 10.1 Å². The van der Waals surface area contributed by atoms with Gasteiger partial charge < -0.3 is 14.2 Å². The molecule has 0 aliphatic carbocycles. The summed E-state index contributed by atoms with van der Waals surface area (Å²) in [6.07, 6.45) is 1.43. The first kappa shape index (κ1) is 19.9. The average molecular weight is 380 g/mol. The van der Waals surface area contributed by atoms with Crippen molar-refractivity contribution in [3.05, 3.63) is 43.0 Å². The van der Waals surface area contributed by atoms with Gasteiger partial charge in [0.2, 0.25) is 0 Å². The van der Waals surface area contributed by atoms with Crippen LogP contribution in [-0.2, 0) is 19.6 Å². The van der Waals surface area contributed by atoms with Gasteiger partial charge in [-0.1, -0.05) is 30.8 Å². The Morgan fingerprint density at radius 1 is 1.27 bits per heavy atom. The Balaban J connectivity index is 2.56. The van der Waals surface area contributed by atoms with E-state index in [2.05, 4.69) is 6.58 Å². The van der Waals surface area contributed by atoms with Gasteiger partial charge in [0.15, 0.2) is 11.5 Å². The summed E-state index contributed by atoms with van der Waals surface area (Å²) in [6, 6.07) is 7.96.